The standard InChI is InChI=1S/C64H41N5/c1-3-17-42(18-4-1)44-31-35-46(36-32-44)55-41-56(47-37-33-45(34-38-47)43-19-5-2-6-20-43)66-64(65-55)69-61-30-16-11-25-53(61)54-39-48(67-57-26-12-7-21-49(57)50-22-8-13-27-58(50)67)40-62(63(54)69)68-59-28-14-9-23-51(59)52-24-10-15-29-60(52)68/h1-41H. The zero-order valence-corrected chi connectivity index (χ0v) is 37.4. The molecule has 0 aliphatic rings. The minimum absolute atomic E-state index is 0.597. The average molecular weight is 880 g/mol. The van der Waals surface area contributed by atoms with Gasteiger partial charge in [-0.3, -0.25) is 4.57 Å². The van der Waals surface area contributed by atoms with Crippen molar-refractivity contribution < 1.29 is 0 Å². The molecule has 69 heavy (non-hydrogen) atoms. The Kier molecular flexibility index (Phi) is 8.83. The van der Waals surface area contributed by atoms with Crippen LogP contribution in [0.25, 0.3) is 128 Å². The van der Waals surface area contributed by atoms with Gasteiger partial charge in [-0.25, -0.2) is 9.97 Å². The van der Waals surface area contributed by atoms with Crippen LogP contribution in [0.2, 0.25) is 0 Å². The van der Waals surface area contributed by atoms with Crippen LogP contribution in [0.1, 0.15) is 0 Å². The van der Waals surface area contributed by atoms with Gasteiger partial charge in [0, 0.05) is 49.1 Å². The predicted molar refractivity (Wildman–Crippen MR) is 287 cm³/mol. The normalized spacial score (nSPS) is 11.8. The summed E-state index contributed by atoms with van der Waals surface area (Å²) in [5, 5.41) is 7.07. The second-order valence-electron chi connectivity index (χ2n) is 17.8. The number of aromatic nitrogens is 5. The summed E-state index contributed by atoms with van der Waals surface area (Å²) in [6.07, 6.45) is 0. The molecule has 4 heterocycles. The highest BCUT2D eigenvalue weighted by Gasteiger charge is 2.25. The zero-order chi connectivity index (χ0) is 45.4. The van der Waals surface area contributed by atoms with Crippen molar-refractivity contribution >= 4 is 65.4 Å². The van der Waals surface area contributed by atoms with Gasteiger partial charge in [-0.15, -0.1) is 0 Å². The molecule has 0 spiro atoms. The van der Waals surface area contributed by atoms with Crippen molar-refractivity contribution in [3.8, 4) is 62.1 Å². The molecule has 0 radical (unpaired) electrons. The van der Waals surface area contributed by atoms with Crippen molar-refractivity contribution in [3.63, 3.8) is 0 Å². The van der Waals surface area contributed by atoms with Crippen LogP contribution in [0.3, 0.4) is 0 Å². The van der Waals surface area contributed by atoms with Gasteiger partial charge in [0.05, 0.1) is 50.2 Å². The minimum Gasteiger partial charge on any atom is -0.309 e. The summed E-state index contributed by atoms with van der Waals surface area (Å²) in [5.74, 6) is 0.597. The Morgan fingerprint density at radius 1 is 0.246 bits per heavy atom. The summed E-state index contributed by atoms with van der Waals surface area (Å²) in [7, 11) is 0. The Bertz CT molecular complexity index is 4070. The van der Waals surface area contributed by atoms with Gasteiger partial charge in [0.1, 0.15) is 0 Å². The largest absolute Gasteiger partial charge is 0.309 e. The minimum atomic E-state index is 0.597. The first-order chi connectivity index (χ1) is 34.2. The second kappa shape index (κ2) is 15.7. The molecule has 0 saturated heterocycles. The van der Waals surface area contributed by atoms with Crippen molar-refractivity contribution in [1.82, 2.24) is 23.7 Å². The fraction of sp³-hybridized carbons (Fsp3) is 0. The molecule has 0 unspecified atom stereocenters. The number of fused-ring (bicyclic) bond motifs is 9. The Morgan fingerprint density at radius 2 is 0.580 bits per heavy atom. The smallest absolute Gasteiger partial charge is 0.235 e. The second-order valence-corrected chi connectivity index (χ2v) is 17.8. The first kappa shape index (κ1) is 38.9. The Balaban J connectivity index is 1.08. The molecule has 5 nitrogen and oxygen atoms in total. The van der Waals surface area contributed by atoms with Crippen LogP contribution in [0.4, 0.5) is 0 Å². The molecule has 4 aromatic heterocycles. The molecule has 10 aromatic carbocycles. The van der Waals surface area contributed by atoms with E-state index in [1.165, 1.54) is 32.7 Å². The van der Waals surface area contributed by atoms with Crippen LogP contribution >= 0.6 is 0 Å². The first-order valence-corrected chi connectivity index (χ1v) is 23.5. The molecule has 14 aromatic rings. The molecule has 0 aliphatic carbocycles. The SMILES string of the molecule is c1ccc(-c2ccc(-c3cc(-c4ccc(-c5ccccc5)cc4)nc(-n4c5ccccc5c5cc(-n6c7ccccc7c7ccccc76)cc(-n6c7ccccc7c7ccccc76)c54)n3)cc2)cc1. The van der Waals surface area contributed by atoms with Gasteiger partial charge in [-0.05, 0) is 70.8 Å². The van der Waals surface area contributed by atoms with E-state index in [0.717, 1.165) is 88.9 Å². The Hall–Kier alpha value is -9.32. The van der Waals surface area contributed by atoms with Crippen molar-refractivity contribution in [2.24, 2.45) is 0 Å². The van der Waals surface area contributed by atoms with Gasteiger partial charge in [-0.1, -0.05) is 200 Å². The van der Waals surface area contributed by atoms with Crippen LogP contribution in [0.5, 0.6) is 0 Å². The number of hydrogen-bond acceptors (Lipinski definition) is 2. The van der Waals surface area contributed by atoms with Crippen LogP contribution in [-0.4, -0.2) is 23.7 Å². The van der Waals surface area contributed by atoms with Crippen LogP contribution < -0.4 is 0 Å². The number of para-hydroxylation sites is 5. The van der Waals surface area contributed by atoms with Gasteiger partial charge in [0.2, 0.25) is 5.95 Å². The predicted octanol–water partition coefficient (Wildman–Crippen LogP) is 16.4. The summed E-state index contributed by atoms with van der Waals surface area (Å²) < 4.78 is 7.19. The van der Waals surface area contributed by atoms with Gasteiger partial charge in [-0.2, -0.15) is 0 Å². The van der Waals surface area contributed by atoms with Crippen molar-refractivity contribution in [2.45, 2.75) is 0 Å². The number of nitrogens with zero attached hydrogens (tertiary/aromatic N) is 5. The lowest BCUT2D eigenvalue weighted by Gasteiger charge is -2.17. The maximum absolute atomic E-state index is 5.58. The van der Waals surface area contributed by atoms with Crippen LogP contribution in [0.15, 0.2) is 249 Å². The molecule has 0 atom stereocenters. The topological polar surface area (TPSA) is 40.6 Å². The highest BCUT2D eigenvalue weighted by molar-refractivity contribution is 6.16. The molecule has 0 bridgehead atoms. The summed E-state index contributed by atoms with van der Waals surface area (Å²) in [6.45, 7) is 0. The van der Waals surface area contributed by atoms with E-state index < -0.39 is 0 Å². The summed E-state index contributed by atoms with van der Waals surface area (Å²) in [5.41, 5.74) is 17.1. The fourth-order valence-electron chi connectivity index (χ4n) is 10.7. The molecule has 5 heteroatoms. The molecular formula is C64H41N5. The van der Waals surface area contributed by atoms with Gasteiger partial charge in [0.15, 0.2) is 0 Å². The van der Waals surface area contributed by atoms with E-state index in [0.29, 0.717) is 5.95 Å². The van der Waals surface area contributed by atoms with E-state index in [1.807, 2.05) is 0 Å². The van der Waals surface area contributed by atoms with Gasteiger partial charge >= 0.3 is 0 Å². The van der Waals surface area contributed by atoms with E-state index in [1.54, 1.807) is 0 Å². The number of hydrogen-bond donors (Lipinski definition) is 0. The van der Waals surface area contributed by atoms with Gasteiger partial charge < -0.3 is 9.13 Å². The Morgan fingerprint density at radius 3 is 1.01 bits per heavy atom. The van der Waals surface area contributed by atoms with E-state index in [-0.39, 0.29) is 0 Å². The number of rotatable bonds is 7. The number of benzene rings is 10. The maximum Gasteiger partial charge on any atom is 0.235 e. The highest BCUT2D eigenvalue weighted by Crippen LogP contribution is 2.43. The third-order valence-electron chi connectivity index (χ3n) is 13.9. The maximum atomic E-state index is 5.58. The molecule has 14 rings (SSSR count). The Labute approximate surface area is 398 Å². The molecule has 322 valence electrons. The summed E-state index contributed by atoms with van der Waals surface area (Å²) in [6, 6.07) is 89.2. The van der Waals surface area contributed by atoms with Crippen molar-refractivity contribution in [3.05, 3.63) is 249 Å². The third-order valence-corrected chi connectivity index (χ3v) is 13.9. The molecule has 0 fully saturated rings. The molecule has 0 saturated carbocycles. The lowest BCUT2D eigenvalue weighted by atomic mass is 10.0. The van der Waals surface area contributed by atoms with E-state index >= 15 is 0 Å². The summed E-state index contributed by atoms with van der Waals surface area (Å²) >= 11 is 0. The molecular weight excluding hydrogens is 839 g/mol. The monoisotopic (exact) mass is 879 g/mol. The molecule has 0 N–H and O–H groups in total. The first-order valence-electron chi connectivity index (χ1n) is 23.5. The average Bonchev–Trinajstić information content (AvgIpc) is 4.07. The van der Waals surface area contributed by atoms with Crippen molar-refractivity contribution in [2.75, 3.05) is 0 Å². The highest BCUT2D eigenvalue weighted by atomic mass is 15.2. The fourth-order valence-corrected chi connectivity index (χ4v) is 10.7. The molecule has 0 aliphatic heterocycles. The lowest BCUT2D eigenvalue weighted by molar-refractivity contribution is 0.988. The van der Waals surface area contributed by atoms with Gasteiger partial charge in [0.25, 0.3) is 0 Å². The quantitative estimate of drug-likeness (QED) is 0.160. The zero-order valence-electron chi connectivity index (χ0n) is 37.4. The molecule has 0 amide bonds. The third kappa shape index (κ3) is 6.25. The summed E-state index contributed by atoms with van der Waals surface area (Å²) in [4.78, 5) is 11.2. The van der Waals surface area contributed by atoms with Crippen LogP contribution in [-0.2, 0) is 0 Å². The lowest BCUT2D eigenvalue weighted by Crippen LogP contribution is -2.07. The van der Waals surface area contributed by atoms with Crippen molar-refractivity contribution in [1.29, 1.82) is 0 Å². The van der Waals surface area contributed by atoms with E-state index in [9.17, 15) is 0 Å². The van der Waals surface area contributed by atoms with E-state index in [4.69, 9.17) is 9.97 Å². The van der Waals surface area contributed by atoms with E-state index in [2.05, 4.69) is 262 Å². The van der Waals surface area contributed by atoms with Crippen LogP contribution in [0, 0.1) is 0 Å².